The Bertz CT molecular complexity index is 721. The van der Waals surface area contributed by atoms with Crippen molar-refractivity contribution in [2.45, 2.75) is 18.4 Å². The predicted molar refractivity (Wildman–Crippen MR) is 103 cm³/mol. The van der Waals surface area contributed by atoms with E-state index in [0.717, 1.165) is 17.4 Å². The largest absolute Gasteiger partial charge is 0.327 e. The molecule has 2 atom stereocenters. The number of rotatable bonds is 4. The zero-order valence-electron chi connectivity index (χ0n) is 13.7. The van der Waals surface area contributed by atoms with Gasteiger partial charge in [0, 0.05) is 16.4 Å². The first-order chi connectivity index (χ1) is 11.1. The van der Waals surface area contributed by atoms with Crippen molar-refractivity contribution in [2.24, 2.45) is 5.73 Å². The minimum atomic E-state index is 0.0894. The zero-order chi connectivity index (χ0) is 16.4. The summed E-state index contributed by atoms with van der Waals surface area (Å²) in [6.07, 6.45) is 5.39. The van der Waals surface area contributed by atoms with E-state index in [1.165, 1.54) is 22.3 Å². The fourth-order valence-corrected chi connectivity index (χ4v) is 3.67. The van der Waals surface area contributed by atoms with E-state index in [0.29, 0.717) is 0 Å². The normalized spacial score (nSPS) is 17.5. The summed E-state index contributed by atoms with van der Waals surface area (Å²) in [7, 11) is 4.19. The third-order valence-corrected chi connectivity index (χ3v) is 4.99. The van der Waals surface area contributed by atoms with E-state index >= 15 is 0 Å². The topological polar surface area (TPSA) is 29.3 Å². The molecule has 3 heteroatoms. The van der Waals surface area contributed by atoms with Crippen LogP contribution in [0.3, 0.4) is 0 Å². The molecule has 2 nitrogen and oxygen atoms in total. The van der Waals surface area contributed by atoms with Crippen LogP contribution in [0.1, 0.15) is 34.6 Å². The number of hydrogen-bond donors (Lipinski definition) is 1. The van der Waals surface area contributed by atoms with Gasteiger partial charge in [0.25, 0.3) is 0 Å². The maximum absolute atomic E-state index is 6.68. The Hall–Kier alpha value is -1.42. The molecule has 0 amide bonds. The van der Waals surface area contributed by atoms with Crippen molar-refractivity contribution in [3.8, 4) is 0 Å². The van der Waals surface area contributed by atoms with Crippen LogP contribution in [-0.4, -0.2) is 31.6 Å². The van der Waals surface area contributed by atoms with Crippen LogP contribution < -0.4 is 5.73 Å². The predicted octanol–water partition coefficient (Wildman–Crippen LogP) is 4.34. The van der Waals surface area contributed by atoms with E-state index in [2.05, 4.69) is 89.5 Å². The average Bonchev–Trinajstić information content (AvgIpc) is 2.69. The van der Waals surface area contributed by atoms with E-state index in [9.17, 15) is 0 Å². The summed E-state index contributed by atoms with van der Waals surface area (Å²) >= 11 is 3.62. The molecule has 2 N–H and O–H groups in total. The maximum Gasteiger partial charge on any atom is 0.0254 e. The number of hydrogen-bond acceptors (Lipinski definition) is 2. The third kappa shape index (κ3) is 3.57. The first-order valence-corrected chi connectivity index (χ1v) is 8.82. The second kappa shape index (κ2) is 7.00. The molecule has 0 saturated heterocycles. The van der Waals surface area contributed by atoms with Crippen molar-refractivity contribution in [1.29, 1.82) is 0 Å². The van der Waals surface area contributed by atoms with Gasteiger partial charge in [-0.05, 0) is 61.4 Å². The number of nitrogens with two attached hydrogens (primary N) is 1. The molecule has 2 aromatic carbocycles. The lowest BCUT2D eigenvalue weighted by molar-refractivity contribution is 0.371. The standard InChI is InChI=1S/C20H23BrN2/c1-23(2)12-11-19(22)20-17-6-4-3-5-14(17)7-8-15-9-10-16(21)13-18(15)20/h3-10,13,19-20H,11-12,22H2,1-2H3. The van der Waals surface area contributed by atoms with E-state index in [4.69, 9.17) is 5.73 Å². The van der Waals surface area contributed by atoms with Crippen LogP contribution >= 0.6 is 15.9 Å². The highest BCUT2D eigenvalue weighted by atomic mass is 79.9. The van der Waals surface area contributed by atoms with Gasteiger partial charge in [-0.2, -0.15) is 0 Å². The summed E-state index contributed by atoms with van der Waals surface area (Å²) < 4.78 is 1.11. The van der Waals surface area contributed by atoms with Crippen molar-refractivity contribution in [3.63, 3.8) is 0 Å². The second-order valence-corrected chi connectivity index (χ2v) is 7.38. The molecule has 0 aliphatic heterocycles. The van der Waals surface area contributed by atoms with Gasteiger partial charge in [-0.25, -0.2) is 0 Å². The number of halogens is 1. The molecule has 2 unspecified atom stereocenters. The van der Waals surface area contributed by atoms with Crippen molar-refractivity contribution in [1.82, 2.24) is 4.90 Å². The first-order valence-electron chi connectivity index (χ1n) is 8.03. The van der Waals surface area contributed by atoms with E-state index in [-0.39, 0.29) is 12.0 Å². The number of benzene rings is 2. The summed E-state index contributed by atoms with van der Waals surface area (Å²) in [4.78, 5) is 2.20. The summed E-state index contributed by atoms with van der Waals surface area (Å²) in [6, 6.07) is 15.2. The van der Waals surface area contributed by atoms with Crippen LogP contribution in [0.25, 0.3) is 12.2 Å². The molecule has 23 heavy (non-hydrogen) atoms. The lowest BCUT2D eigenvalue weighted by Gasteiger charge is -2.28. The van der Waals surface area contributed by atoms with Gasteiger partial charge >= 0.3 is 0 Å². The molecule has 0 bridgehead atoms. The highest BCUT2D eigenvalue weighted by molar-refractivity contribution is 9.10. The quantitative estimate of drug-likeness (QED) is 0.866. The number of fused-ring (bicyclic) bond motifs is 2. The Morgan fingerprint density at radius 2 is 1.74 bits per heavy atom. The molecule has 0 saturated carbocycles. The Morgan fingerprint density at radius 3 is 2.48 bits per heavy atom. The van der Waals surface area contributed by atoms with Crippen LogP contribution in [0, 0.1) is 0 Å². The zero-order valence-corrected chi connectivity index (χ0v) is 15.3. The summed E-state index contributed by atoms with van der Waals surface area (Å²) in [6.45, 7) is 0.997. The van der Waals surface area contributed by atoms with Crippen molar-refractivity contribution < 1.29 is 0 Å². The molecule has 0 radical (unpaired) electrons. The van der Waals surface area contributed by atoms with Crippen LogP contribution in [0.5, 0.6) is 0 Å². The Kier molecular flexibility index (Phi) is 5.00. The van der Waals surface area contributed by atoms with Crippen LogP contribution in [0.15, 0.2) is 46.9 Å². The van der Waals surface area contributed by atoms with Crippen LogP contribution in [0.2, 0.25) is 0 Å². The molecule has 0 heterocycles. The fourth-order valence-electron chi connectivity index (χ4n) is 3.29. The van der Waals surface area contributed by atoms with Gasteiger partial charge in [-0.1, -0.05) is 58.4 Å². The van der Waals surface area contributed by atoms with Gasteiger partial charge in [0.1, 0.15) is 0 Å². The molecule has 0 spiro atoms. The van der Waals surface area contributed by atoms with E-state index < -0.39 is 0 Å². The summed E-state index contributed by atoms with van der Waals surface area (Å²) in [5, 5.41) is 0. The lowest BCUT2D eigenvalue weighted by Crippen LogP contribution is -2.33. The van der Waals surface area contributed by atoms with Gasteiger partial charge in [-0.15, -0.1) is 0 Å². The van der Waals surface area contributed by atoms with Crippen LogP contribution in [0.4, 0.5) is 0 Å². The average molecular weight is 371 g/mol. The monoisotopic (exact) mass is 370 g/mol. The molecule has 2 aromatic rings. The molecular weight excluding hydrogens is 348 g/mol. The van der Waals surface area contributed by atoms with Gasteiger partial charge in [0.05, 0.1) is 0 Å². The molecule has 0 aromatic heterocycles. The molecule has 1 aliphatic rings. The first kappa shape index (κ1) is 16.4. The molecular formula is C20H23BrN2. The Morgan fingerprint density at radius 1 is 1.04 bits per heavy atom. The van der Waals surface area contributed by atoms with Gasteiger partial charge in [-0.3, -0.25) is 0 Å². The second-order valence-electron chi connectivity index (χ2n) is 6.47. The minimum absolute atomic E-state index is 0.0894. The third-order valence-electron chi connectivity index (χ3n) is 4.50. The fraction of sp³-hybridized carbons (Fsp3) is 0.300. The molecule has 3 rings (SSSR count). The highest BCUT2D eigenvalue weighted by Gasteiger charge is 2.27. The smallest absolute Gasteiger partial charge is 0.0254 e. The maximum atomic E-state index is 6.68. The van der Waals surface area contributed by atoms with E-state index in [1.54, 1.807) is 0 Å². The van der Waals surface area contributed by atoms with Crippen molar-refractivity contribution >= 4 is 28.1 Å². The van der Waals surface area contributed by atoms with E-state index in [1.807, 2.05) is 0 Å². The summed E-state index contributed by atoms with van der Waals surface area (Å²) in [5.74, 6) is 0.216. The van der Waals surface area contributed by atoms with Crippen LogP contribution in [-0.2, 0) is 0 Å². The highest BCUT2D eigenvalue weighted by Crippen LogP contribution is 2.38. The minimum Gasteiger partial charge on any atom is -0.327 e. The van der Waals surface area contributed by atoms with Gasteiger partial charge in [0.2, 0.25) is 0 Å². The molecule has 0 fully saturated rings. The van der Waals surface area contributed by atoms with Gasteiger partial charge in [0.15, 0.2) is 0 Å². The number of nitrogens with zero attached hydrogens (tertiary/aromatic N) is 1. The Balaban J connectivity index is 2.08. The summed E-state index contributed by atoms with van der Waals surface area (Å²) in [5.41, 5.74) is 11.8. The SMILES string of the molecule is CN(C)CCC(N)C1c2ccccc2C=Cc2ccc(Br)cc21. The van der Waals surface area contributed by atoms with Crippen molar-refractivity contribution in [3.05, 3.63) is 69.2 Å². The Labute approximate surface area is 147 Å². The van der Waals surface area contributed by atoms with Gasteiger partial charge < -0.3 is 10.6 Å². The lowest BCUT2D eigenvalue weighted by atomic mass is 9.81. The van der Waals surface area contributed by atoms with Crippen molar-refractivity contribution in [2.75, 3.05) is 20.6 Å². The molecule has 1 aliphatic carbocycles. The molecule has 120 valence electrons.